The molecule has 4 nitrogen and oxygen atoms in total. The summed E-state index contributed by atoms with van der Waals surface area (Å²) >= 11 is 1.43. The summed E-state index contributed by atoms with van der Waals surface area (Å²) in [6, 6.07) is 18.1. The van der Waals surface area contributed by atoms with Crippen LogP contribution in [0.2, 0.25) is 0 Å². The highest BCUT2D eigenvalue weighted by Gasteiger charge is 2.16. The number of carbonyl (C=O) groups is 1. The summed E-state index contributed by atoms with van der Waals surface area (Å²) in [7, 11) is 0. The van der Waals surface area contributed by atoms with Crippen LogP contribution in [0.3, 0.4) is 0 Å². The highest BCUT2D eigenvalue weighted by Crippen LogP contribution is 2.25. The number of hydrogen-bond donors (Lipinski definition) is 1. The van der Waals surface area contributed by atoms with Crippen LogP contribution in [0.4, 0.5) is 0 Å². The standard InChI is InChI=1S/C21H23N3OS/c1-15(2)12-19(16-8-4-3-5-9-16)23-20(25)14-26-21-18-11-7-6-10-17(18)13-22-24-21/h3-11,13,15,19H,12,14H2,1-2H3,(H,23,25). The molecule has 0 spiro atoms. The van der Waals surface area contributed by atoms with Gasteiger partial charge >= 0.3 is 0 Å². The van der Waals surface area contributed by atoms with Gasteiger partial charge in [-0.2, -0.15) is 5.10 Å². The van der Waals surface area contributed by atoms with Crippen molar-refractivity contribution in [3.63, 3.8) is 0 Å². The molecule has 5 heteroatoms. The monoisotopic (exact) mass is 365 g/mol. The van der Waals surface area contributed by atoms with Crippen LogP contribution in [0, 0.1) is 5.92 Å². The van der Waals surface area contributed by atoms with Gasteiger partial charge in [-0.3, -0.25) is 4.79 Å². The molecule has 1 atom stereocenters. The molecule has 0 saturated carbocycles. The third-order valence-corrected chi connectivity index (χ3v) is 5.10. The molecule has 2 aromatic carbocycles. The van der Waals surface area contributed by atoms with Gasteiger partial charge in [0.05, 0.1) is 18.0 Å². The summed E-state index contributed by atoms with van der Waals surface area (Å²) < 4.78 is 0. The summed E-state index contributed by atoms with van der Waals surface area (Å²) in [5, 5.41) is 14.3. The van der Waals surface area contributed by atoms with Crippen molar-refractivity contribution in [2.24, 2.45) is 5.92 Å². The van der Waals surface area contributed by atoms with E-state index < -0.39 is 0 Å². The minimum Gasteiger partial charge on any atom is -0.349 e. The van der Waals surface area contributed by atoms with E-state index in [0.29, 0.717) is 11.7 Å². The van der Waals surface area contributed by atoms with Gasteiger partial charge in [0.25, 0.3) is 0 Å². The van der Waals surface area contributed by atoms with Crippen LogP contribution in [0.25, 0.3) is 10.8 Å². The Morgan fingerprint density at radius 1 is 1.08 bits per heavy atom. The second kappa shape index (κ2) is 8.81. The topological polar surface area (TPSA) is 54.9 Å². The van der Waals surface area contributed by atoms with Gasteiger partial charge in [0.1, 0.15) is 5.03 Å². The molecule has 0 bridgehead atoms. The predicted octanol–water partition coefficient (Wildman–Crippen LogP) is 4.63. The molecule has 0 aliphatic rings. The fraction of sp³-hybridized carbons (Fsp3) is 0.286. The fourth-order valence-electron chi connectivity index (χ4n) is 2.91. The number of aromatic nitrogens is 2. The molecule has 0 aliphatic carbocycles. The van der Waals surface area contributed by atoms with Crippen molar-refractivity contribution >= 4 is 28.4 Å². The molecule has 1 N–H and O–H groups in total. The number of carbonyl (C=O) groups excluding carboxylic acids is 1. The largest absolute Gasteiger partial charge is 0.349 e. The lowest BCUT2D eigenvalue weighted by Gasteiger charge is -2.21. The van der Waals surface area contributed by atoms with E-state index in [0.717, 1.165) is 27.8 Å². The molecule has 0 saturated heterocycles. The first-order chi connectivity index (χ1) is 12.6. The zero-order valence-corrected chi connectivity index (χ0v) is 15.9. The summed E-state index contributed by atoms with van der Waals surface area (Å²) in [5.41, 5.74) is 1.14. The third kappa shape index (κ3) is 4.82. The van der Waals surface area contributed by atoms with Crippen molar-refractivity contribution in [3.8, 4) is 0 Å². The van der Waals surface area contributed by atoms with Crippen molar-refractivity contribution in [3.05, 3.63) is 66.4 Å². The van der Waals surface area contributed by atoms with Crippen molar-refractivity contribution in [2.45, 2.75) is 31.3 Å². The van der Waals surface area contributed by atoms with Crippen LogP contribution >= 0.6 is 11.8 Å². The number of nitrogens with zero attached hydrogens (tertiary/aromatic N) is 2. The molecule has 0 aliphatic heterocycles. The molecule has 0 fully saturated rings. The van der Waals surface area contributed by atoms with Crippen molar-refractivity contribution in [1.29, 1.82) is 0 Å². The van der Waals surface area contributed by atoms with Crippen molar-refractivity contribution < 1.29 is 4.79 Å². The van der Waals surface area contributed by atoms with Crippen LogP contribution < -0.4 is 5.32 Å². The number of rotatable bonds is 7. The first-order valence-electron chi connectivity index (χ1n) is 8.81. The zero-order chi connectivity index (χ0) is 18.4. The van der Waals surface area contributed by atoms with Crippen LogP contribution in [0.1, 0.15) is 31.9 Å². The Bertz CT molecular complexity index is 862. The summed E-state index contributed by atoms with van der Waals surface area (Å²) in [6.07, 6.45) is 2.65. The highest BCUT2D eigenvalue weighted by atomic mass is 32.2. The van der Waals surface area contributed by atoms with Gasteiger partial charge in [0.15, 0.2) is 0 Å². The van der Waals surface area contributed by atoms with Crippen LogP contribution in [0.15, 0.2) is 65.8 Å². The van der Waals surface area contributed by atoms with Gasteiger partial charge in [-0.15, -0.1) is 5.10 Å². The van der Waals surface area contributed by atoms with Crippen LogP contribution in [0.5, 0.6) is 0 Å². The Labute approximate surface area is 158 Å². The van der Waals surface area contributed by atoms with Gasteiger partial charge in [-0.1, -0.05) is 80.2 Å². The average Bonchev–Trinajstić information content (AvgIpc) is 2.66. The van der Waals surface area contributed by atoms with Gasteiger partial charge in [-0.05, 0) is 17.9 Å². The Hall–Kier alpha value is -2.40. The summed E-state index contributed by atoms with van der Waals surface area (Å²) in [6.45, 7) is 4.34. The van der Waals surface area contributed by atoms with E-state index in [4.69, 9.17) is 0 Å². The lowest BCUT2D eigenvalue weighted by Crippen LogP contribution is -2.30. The minimum absolute atomic E-state index is 0.0132. The molecule has 134 valence electrons. The number of thioether (sulfide) groups is 1. The maximum absolute atomic E-state index is 12.5. The molecular weight excluding hydrogens is 342 g/mol. The molecule has 26 heavy (non-hydrogen) atoms. The second-order valence-corrected chi connectivity index (χ2v) is 7.65. The SMILES string of the molecule is CC(C)CC(NC(=O)CSc1nncc2ccccc12)c1ccccc1. The summed E-state index contributed by atoms with van der Waals surface area (Å²) in [4.78, 5) is 12.5. The van der Waals surface area contributed by atoms with E-state index in [2.05, 4.69) is 41.5 Å². The van der Waals surface area contributed by atoms with E-state index in [9.17, 15) is 4.79 Å². The Morgan fingerprint density at radius 3 is 2.58 bits per heavy atom. The molecule has 3 rings (SSSR count). The van der Waals surface area contributed by atoms with Crippen molar-refractivity contribution in [2.75, 3.05) is 5.75 Å². The van der Waals surface area contributed by atoms with Gasteiger partial charge in [0.2, 0.25) is 5.91 Å². The quantitative estimate of drug-likeness (QED) is 0.621. The Morgan fingerprint density at radius 2 is 1.81 bits per heavy atom. The van der Waals surface area contributed by atoms with Crippen molar-refractivity contribution in [1.82, 2.24) is 15.5 Å². The average molecular weight is 366 g/mol. The van der Waals surface area contributed by atoms with E-state index in [1.165, 1.54) is 11.8 Å². The van der Waals surface area contributed by atoms with Gasteiger partial charge < -0.3 is 5.32 Å². The van der Waals surface area contributed by atoms with Gasteiger partial charge in [-0.25, -0.2) is 0 Å². The first kappa shape index (κ1) is 18.4. The van der Waals surface area contributed by atoms with E-state index in [1.807, 2.05) is 42.5 Å². The fourth-order valence-corrected chi connectivity index (χ4v) is 3.71. The predicted molar refractivity (Wildman–Crippen MR) is 107 cm³/mol. The highest BCUT2D eigenvalue weighted by molar-refractivity contribution is 8.00. The minimum atomic E-state index is 0.0132. The lowest BCUT2D eigenvalue weighted by atomic mass is 9.97. The van der Waals surface area contributed by atoms with E-state index in [-0.39, 0.29) is 11.9 Å². The molecular formula is C21H23N3OS. The molecule has 1 unspecified atom stereocenters. The van der Waals surface area contributed by atoms with E-state index >= 15 is 0 Å². The number of nitrogens with one attached hydrogen (secondary N) is 1. The maximum atomic E-state index is 12.5. The Balaban J connectivity index is 1.66. The second-order valence-electron chi connectivity index (χ2n) is 6.69. The molecule has 1 heterocycles. The zero-order valence-electron chi connectivity index (χ0n) is 15.1. The molecule has 3 aromatic rings. The first-order valence-corrected chi connectivity index (χ1v) is 9.79. The van der Waals surface area contributed by atoms with Crippen LogP contribution in [-0.2, 0) is 4.79 Å². The third-order valence-electron chi connectivity index (χ3n) is 4.12. The normalized spacial score (nSPS) is 12.3. The van der Waals surface area contributed by atoms with Gasteiger partial charge in [0, 0.05) is 10.8 Å². The maximum Gasteiger partial charge on any atom is 0.230 e. The number of hydrogen-bond acceptors (Lipinski definition) is 4. The number of fused-ring (bicyclic) bond motifs is 1. The van der Waals surface area contributed by atoms with E-state index in [1.54, 1.807) is 6.20 Å². The molecule has 0 radical (unpaired) electrons. The number of benzene rings is 2. The molecule has 1 amide bonds. The smallest absolute Gasteiger partial charge is 0.230 e. The lowest BCUT2D eigenvalue weighted by molar-refractivity contribution is -0.119. The molecule has 1 aromatic heterocycles. The Kier molecular flexibility index (Phi) is 6.23. The van der Waals surface area contributed by atoms with Crippen LogP contribution in [-0.4, -0.2) is 21.9 Å². The summed E-state index contributed by atoms with van der Waals surface area (Å²) in [5.74, 6) is 0.834. The number of amides is 1.